The summed E-state index contributed by atoms with van der Waals surface area (Å²) in [4.78, 5) is 10.8. The number of hydrogen-bond acceptors (Lipinski definition) is 5. The van der Waals surface area contributed by atoms with Crippen LogP contribution in [0, 0.1) is 0 Å². The smallest absolute Gasteiger partial charge is 0.371 e. The predicted molar refractivity (Wildman–Crippen MR) is 72.6 cm³/mol. The van der Waals surface area contributed by atoms with Crippen LogP contribution >= 0.6 is 0 Å². The summed E-state index contributed by atoms with van der Waals surface area (Å²) in [7, 11) is 0. The molecule has 0 aliphatic heterocycles. The number of furan rings is 1. The molecule has 0 aliphatic rings. The zero-order valence-electron chi connectivity index (χ0n) is 11.1. The highest BCUT2D eigenvalue weighted by molar-refractivity contribution is 5.91. The Morgan fingerprint density at radius 1 is 1.30 bits per heavy atom. The van der Waals surface area contributed by atoms with Gasteiger partial charge < -0.3 is 25.1 Å². The van der Waals surface area contributed by atoms with Crippen LogP contribution in [0.4, 0.5) is 0 Å². The van der Waals surface area contributed by atoms with Crippen LogP contribution in [0.15, 0.2) is 28.7 Å². The number of aromatic carboxylic acids is 1. The number of carbonyl (C=O) groups is 1. The molecule has 0 saturated heterocycles. The summed E-state index contributed by atoms with van der Waals surface area (Å²) in [6.45, 7) is 1.80. The third-order valence-electron chi connectivity index (χ3n) is 3.21. The number of fused-ring (bicyclic) bond motifs is 1. The highest BCUT2D eigenvalue weighted by Gasteiger charge is 2.21. The first-order valence-corrected chi connectivity index (χ1v) is 6.20. The fraction of sp³-hybridized carbons (Fsp3) is 0.357. The molecule has 20 heavy (non-hydrogen) atoms. The minimum Gasteiger partial charge on any atom is -0.475 e. The number of hydrogen-bond donors (Lipinski definition) is 4. The summed E-state index contributed by atoms with van der Waals surface area (Å²) in [6, 6.07) is 6.79. The Morgan fingerprint density at radius 3 is 2.60 bits per heavy atom. The molecule has 1 heterocycles. The molecule has 1 aromatic carbocycles. The molecule has 6 nitrogen and oxygen atoms in total. The second kappa shape index (κ2) is 5.62. The first-order chi connectivity index (χ1) is 9.47. The molecule has 0 bridgehead atoms. The lowest BCUT2D eigenvalue weighted by Gasteiger charge is -2.26. The minimum atomic E-state index is -1.10. The summed E-state index contributed by atoms with van der Waals surface area (Å²) >= 11 is 0. The van der Waals surface area contributed by atoms with Gasteiger partial charge in [0.05, 0.1) is 18.8 Å². The number of benzene rings is 1. The molecule has 0 spiro atoms. The molecular formula is C14H17NO5. The Kier molecular flexibility index (Phi) is 4.08. The van der Waals surface area contributed by atoms with Crippen LogP contribution in [0.2, 0.25) is 0 Å². The van der Waals surface area contributed by atoms with E-state index in [2.05, 4.69) is 5.32 Å². The first-order valence-electron chi connectivity index (χ1n) is 6.20. The van der Waals surface area contributed by atoms with Crippen LogP contribution < -0.4 is 5.32 Å². The summed E-state index contributed by atoms with van der Waals surface area (Å²) in [5.41, 5.74) is 0.666. The third kappa shape index (κ3) is 2.98. The zero-order chi connectivity index (χ0) is 14.8. The Bertz CT molecular complexity index is 615. The largest absolute Gasteiger partial charge is 0.475 e. The highest BCUT2D eigenvalue weighted by Crippen LogP contribution is 2.21. The summed E-state index contributed by atoms with van der Waals surface area (Å²) < 4.78 is 5.17. The van der Waals surface area contributed by atoms with Crippen LogP contribution in [0.25, 0.3) is 11.0 Å². The maximum absolute atomic E-state index is 10.8. The van der Waals surface area contributed by atoms with Crippen LogP contribution in [0.1, 0.15) is 23.0 Å². The molecule has 2 rings (SSSR count). The first kappa shape index (κ1) is 14.5. The van der Waals surface area contributed by atoms with Gasteiger partial charge in [0.15, 0.2) is 0 Å². The van der Waals surface area contributed by atoms with Crippen molar-refractivity contribution in [2.75, 3.05) is 13.2 Å². The fourth-order valence-corrected chi connectivity index (χ4v) is 1.79. The molecule has 0 fully saturated rings. The van der Waals surface area contributed by atoms with Crippen molar-refractivity contribution in [2.24, 2.45) is 0 Å². The monoisotopic (exact) mass is 279 g/mol. The van der Waals surface area contributed by atoms with Gasteiger partial charge >= 0.3 is 5.97 Å². The molecule has 0 unspecified atom stereocenters. The van der Waals surface area contributed by atoms with E-state index in [-0.39, 0.29) is 19.0 Å². The average molecular weight is 279 g/mol. The lowest BCUT2D eigenvalue weighted by Crippen LogP contribution is -2.48. The quantitative estimate of drug-likeness (QED) is 0.628. The number of aliphatic hydroxyl groups is 2. The zero-order valence-corrected chi connectivity index (χ0v) is 11.1. The molecule has 0 radical (unpaired) electrons. The molecule has 0 aliphatic carbocycles. The lowest BCUT2D eigenvalue weighted by molar-refractivity contribution is 0.0665. The molecule has 2 aromatic rings. The van der Waals surface area contributed by atoms with E-state index in [1.165, 1.54) is 6.07 Å². The Balaban J connectivity index is 2.17. The van der Waals surface area contributed by atoms with Crippen LogP contribution in [0.5, 0.6) is 0 Å². The number of nitrogens with one attached hydrogen (secondary N) is 1. The van der Waals surface area contributed by atoms with E-state index in [9.17, 15) is 15.0 Å². The van der Waals surface area contributed by atoms with Gasteiger partial charge in [0.1, 0.15) is 5.58 Å². The molecular weight excluding hydrogens is 262 g/mol. The average Bonchev–Trinajstić information content (AvgIpc) is 2.88. The van der Waals surface area contributed by atoms with Crippen molar-refractivity contribution in [2.45, 2.75) is 19.0 Å². The Labute approximate surface area is 115 Å². The standard InChI is InChI=1S/C14H17NO5/c1-14(7-16,8-17)15-6-9-2-3-11-10(4-9)5-12(20-11)13(18)19/h2-5,15-17H,6-8H2,1H3,(H,18,19). The molecule has 0 saturated carbocycles. The second-order valence-corrected chi connectivity index (χ2v) is 5.02. The molecule has 6 heteroatoms. The summed E-state index contributed by atoms with van der Waals surface area (Å²) in [5, 5.41) is 31.0. The van der Waals surface area contributed by atoms with Crippen molar-refractivity contribution in [3.8, 4) is 0 Å². The van der Waals surface area contributed by atoms with Gasteiger partial charge in [0.25, 0.3) is 0 Å². The third-order valence-corrected chi connectivity index (χ3v) is 3.21. The topological polar surface area (TPSA) is 103 Å². The van der Waals surface area contributed by atoms with Gasteiger partial charge in [-0.05, 0) is 30.7 Å². The van der Waals surface area contributed by atoms with E-state index in [0.29, 0.717) is 17.5 Å². The number of aliphatic hydroxyl groups excluding tert-OH is 2. The van der Waals surface area contributed by atoms with E-state index in [1.54, 1.807) is 19.1 Å². The van der Waals surface area contributed by atoms with Gasteiger partial charge in [-0.3, -0.25) is 0 Å². The molecule has 1 aromatic heterocycles. The fourth-order valence-electron chi connectivity index (χ4n) is 1.79. The van der Waals surface area contributed by atoms with E-state index in [1.807, 2.05) is 6.07 Å². The number of carboxylic acids is 1. The molecule has 0 amide bonds. The van der Waals surface area contributed by atoms with Crippen LogP contribution in [-0.4, -0.2) is 40.0 Å². The molecule has 108 valence electrons. The maximum Gasteiger partial charge on any atom is 0.371 e. The van der Waals surface area contributed by atoms with E-state index in [4.69, 9.17) is 9.52 Å². The van der Waals surface area contributed by atoms with E-state index in [0.717, 1.165) is 5.56 Å². The summed E-state index contributed by atoms with van der Waals surface area (Å²) in [5.74, 6) is -1.20. The van der Waals surface area contributed by atoms with Gasteiger partial charge in [-0.1, -0.05) is 6.07 Å². The SMILES string of the molecule is CC(CO)(CO)NCc1ccc2oc(C(=O)O)cc2c1. The van der Waals surface area contributed by atoms with Crippen molar-refractivity contribution < 1.29 is 24.5 Å². The number of rotatable bonds is 6. The maximum atomic E-state index is 10.8. The Hall–Kier alpha value is -1.89. The number of carboxylic acid groups (broad SMARTS) is 1. The van der Waals surface area contributed by atoms with E-state index >= 15 is 0 Å². The molecule has 0 atom stereocenters. The van der Waals surface area contributed by atoms with Gasteiger partial charge in [-0.2, -0.15) is 0 Å². The van der Waals surface area contributed by atoms with Crippen LogP contribution in [-0.2, 0) is 6.54 Å². The summed E-state index contributed by atoms with van der Waals surface area (Å²) in [6.07, 6.45) is 0. The minimum absolute atomic E-state index is 0.0966. The van der Waals surface area contributed by atoms with Gasteiger partial charge in [0.2, 0.25) is 5.76 Å². The molecule has 4 N–H and O–H groups in total. The normalized spacial score (nSPS) is 11.9. The van der Waals surface area contributed by atoms with Crippen molar-refractivity contribution >= 4 is 16.9 Å². The van der Waals surface area contributed by atoms with Crippen molar-refractivity contribution in [1.29, 1.82) is 0 Å². The Morgan fingerprint density at radius 2 is 2.00 bits per heavy atom. The van der Waals surface area contributed by atoms with Gasteiger partial charge in [0, 0.05) is 11.9 Å². The predicted octanol–water partition coefficient (Wildman–Crippen LogP) is 0.964. The van der Waals surface area contributed by atoms with Crippen molar-refractivity contribution in [1.82, 2.24) is 5.32 Å². The van der Waals surface area contributed by atoms with E-state index < -0.39 is 11.5 Å². The van der Waals surface area contributed by atoms with Gasteiger partial charge in [-0.15, -0.1) is 0 Å². The lowest BCUT2D eigenvalue weighted by atomic mass is 10.0. The van der Waals surface area contributed by atoms with Gasteiger partial charge in [-0.25, -0.2) is 4.79 Å². The van der Waals surface area contributed by atoms with Crippen LogP contribution in [0.3, 0.4) is 0 Å². The van der Waals surface area contributed by atoms with Crippen molar-refractivity contribution in [3.05, 3.63) is 35.6 Å². The highest BCUT2D eigenvalue weighted by atomic mass is 16.4. The van der Waals surface area contributed by atoms with Crippen molar-refractivity contribution in [3.63, 3.8) is 0 Å². The second-order valence-electron chi connectivity index (χ2n) is 5.02.